The highest BCUT2D eigenvalue weighted by Gasteiger charge is 2.20. The van der Waals surface area contributed by atoms with Gasteiger partial charge in [-0.25, -0.2) is 9.18 Å². The molecule has 1 aromatic carbocycles. The Morgan fingerprint density at radius 2 is 2.11 bits per heavy atom. The number of carbonyl (C=O) groups excluding carboxylic acids is 1. The summed E-state index contributed by atoms with van der Waals surface area (Å²) < 4.78 is 19.1. The highest BCUT2D eigenvalue weighted by Crippen LogP contribution is 2.18. The van der Waals surface area contributed by atoms with Crippen LogP contribution in [0.1, 0.15) is 32.4 Å². The van der Waals surface area contributed by atoms with Crippen molar-refractivity contribution in [3.8, 4) is 0 Å². The average Bonchev–Trinajstić information content (AvgIpc) is 2.21. The number of halogens is 2. The van der Waals surface area contributed by atoms with Crippen molar-refractivity contribution in [3.63, 3.8) is 0 Å². The minimum atomic E-state index is -0.695. The second-order valence-electron chi connectivity index (χ2n) is 5.08. The van der Waals surface area contributed by atoms with E-state index in [1.807, 2.05) is 22.6 Å². The standard InChI is InChI=1S/C13H17FINO3/c1-13(2,3)19-12(18)16-11(7-17)8-4-9(14)6-10(15)5-8/h4-6,11,17H,7H2,1-3H3,(H,16,18)/t11-/m1/s1. The molecule has 1 aromatic rings. The fourth-order valence-corrected chi connectivity index (χ4v) is 2.12. The van der Waals surface area contributed by atoms with E-state index < -0.39 is 23.6 Å². The Morgan fingerprint density at radius 1 is 1.47 bits per heavy atom. The molecule has 106 valence electrons. The fourth-order valence-electron chi connectivity index (χ4n) is 1.46. The summed E-state index contributed by atoms with van der Waals surface area (Å²) in [6.07, 6.45) is -0.647. The number of rotatable bonds is 3. The number of alkyl carbamates (subject to hydrolysis) is 1. The monoisotopic (exact) mass is 381 g/mol. The molecular formula is C13H17FINO3. The summed E-state index contributed by atoms with van der Waals surface area (Å²) >= 11 is 1.97. The van der Waals surface area contributed by atoms with Crippen LogP contribution in [0.3, 0.4) is 0 Å². The Kier molecular flexibility index (Phi) is 5.54. The first-order valence-corrected chi connectivity index (χ1v) is 6.85. The van der Waals surface area contributed by atoms with Gasteiger partial charge < -0.3 is 15.2 Å². The van der Waals surface area contributed by atoms with Crippen LogP contribution in [-0.2, 0) is 4.74 Å². The molecule has 0 aliphatic heterocycles. The van der Waals surface area contributed by atoms with E-state index in [4.69, 9.17) is 4.74 Å². The largest absolute Gasteiger partial charge is 0.444 e. The van der Waals surface area contributed by atoms with E-state index in [0.717, 1.165) is 0 Å². The average molecular weight is 381 g/mol. The number of hydrogen-bond acceptors (Lipinski definition) is 3. The first-order valence-electron chi connectivity index (χ1n) is 5.77. The second kappa shape index (κ2) is 6.51. The van der Waals surface area contributed by atoms with Gasteiger partial charge in [0.15, 0.2) is 0 Å². The number of carbonyl (C=O) groups is 1. The molecule has 0 radical (unpaired) electrons. The first kappa shape index (κ1) is 16.2. The van der Waals surface area contributed by atoms with Gasteiger partial charge >= 0.3 is 6.09 Å². The fraction of sp³-hybridized carbons (Fsp3) is 0.462. The summed E-state index contributed by atoms with van der Waals surface area (Å²) in [5.74, 6) is -0.411. The van der Waals surface area contributed by atoms with Crippen LogP contribution in [0.25, 0.3) is 0 Å². The normalized spacial score (nSPS) is 12.9. The van der Waals surface area contributed by atoms with E-state index in [2.05, 4.69) is 5.32 Å². The van der Waals surface area contributed by atoms with Gasteiger partial charge in [-0.3, -0.25) is 0 Å². The third-order valence-corrected chi connectivity index (χ3v) is 2.78. The first-order chi connectivity index (χ1) is 8.71. The Labute approximate surface area is 125 Å². The molecule has 0 aromatic heterocycles. The highest BCUT2D eigenvalue weighted by molar-refractivity contribution is 14.1. The van der Waals surface area contributed by atoms with Crippen LogP contribution in [-0.4, -0.2) is 23.4 Å². The van der Waals surface area contributed by atoms with Gasteiger partial charge in [0.1, 0.15) is 11.4 Å². The van der Waals surface area contributed by atoms with Crippen molar-refractivity contribution >= 4 is 28.7 Å². The molecule has 19 heavy (non-hydrogen) atoms. The van der Waals surface area contributed by atoms with Crippen molar-refractivity contribution in [3.05, 3.63) is 33.1 Å². The Bertz CT molecular complexity index is 439. The lowest BCUT2D eigenvalue weighted by Gasteiger charge is -2.23. The van der Waals surface area contributed by atoms with Crippen molar-refractivity contribution in [1.82, 2.24) is 5.32 Å². The topological polar surface area (TPSA) is 58.6 Å². The highest BCUT2D eigenvalue weighted by atomic mass is 127. The molecule has 0 bridgehead atoms. The number of ether oxygens (including phenoxy) is 1. The summed E-state index contributed by atoms with van der Waals surface area (Å²) in [4.78, 5) is 11.6. The zero-order valence-corrected chi connectivity index (χ0v) is 13.2. The number of aliphatic hydroxyl groups is 1. The molecule has 0 saturated carbocycles. The van der Waals surface area contributed by atoms with Gasteiger partial charge in [0.25, 0.3) is 0 Å². The summed E-state index contributed by atoms with van der Waals surface area (Å²) in [7, 11) is 0. The van der Waals surface area contributed by atoms with E-state index in [0.29, 0.717) is 9.13 Å². The van der Waals surface area contributed by atoms with Crippen molar-refractivity contribution in [2.45, 2.75) is 32.4 Å². The molecule has 4 nitrogen and oxygen atoms in total. The molecule has 0 heterocycles. The number of aliphatic hydroxyl groups excluding tert-OH is 1. The van der Waals surface area contributed by atoms with Gasteiger partial charge in [-0.15, -0.1) is 0 Å². The van der Waals surface area contributed by atoms with E-state index in [1.54, 1.807) is 26.8 Å². The Morgan fingerprint density at radius 3 is 2.58 bits per heavy atom. The minimum Gasteiger partial charge on any atom is -0.444 e. The molecule has 0 saturated heterocycles. The van der Waals surface area contributed by atoms with Crippen molar-refractivity contribution in [2.24, 2.45) is 0 Å². The molecule has 6 heteroatoms. The molecule has 1 amide bonds. The molecule has 1 atom stereocenters. The lowest BCUT2D eigenvalue weighted by atomic mass is 10.1. The van der Waals surface area contributed by atoms with Crippen molar-refractivity contribution in [1.29, 1.82) is 0 Å². The van der Waals surface area contributed by atoms with Crippen LogP contribution < -0.4 is 5.32 Å². The van der Waals surface area contributed by atoms with Crippen LogP contribution in [0.5, 0.6) is 0 Å². The predicted molar refractivity (Wildman–Crippen MR) is 78.3 cm³/mol. The molecule has 0 spiro atoms. The predicted octanol–water partition coefficient (Wildman–Crippen LogP) is 2.99. The molecular weight excluding hydrogens is 364 g/mol. The third kappa shape index (κ3) is 5.73. The maximum atomic E-state index is 13.3. The molecule has 0 fully saturated rings. The van der Waals surface area contributed by atoms with Crippen molar-refractivity contribution < 1.29 is 19.0 Å². The van der Waals surface area contributed by atoms with E-state index in [1.165, 1.54) is 12.1 Å². The maximum Gasteiger partial charge on any atom is 0.408 e. The summed E-state index contributed by atoms with van der Waals surface area (Å²) in [6, 6.07) is 3.65. The van der Waals surface area contributed by atoms with Gasteiger partial charge in [0, 0.05) is 3.57 Å². The van der Waals surface area contributed by atoms with Crippen molar-refractivity contribution in [2.75, 3.05) is 6.61 Å². The van der Waals surface area contributed by atoms with Gasteiger partial charge in [0.2, 0.25) is 0 Å². The van der Waals surface area contributed by atoms with Gasteiger partial charge in [0.05, 0.1) is 12.6 Å². The smallest absolute Gasteiger partial charge is 0.408 e. The summed E-state index contributed by atoms with van der Waals surface area (Å²) in [5.41, 5.74) is -0.127. The summed E-state index contributed by atoms with van der Waals surface area (Å²) in [5, 5.41) is 11.8. The van der Waals surface area contributed by atoms with Crippen LogP contribution in [0.4, 0.5) is 9.18 Å². The number of benzene rings is 1. The van der Waals surface area contributed by atoms with E-state index >= 15 is 0 Å². The minimum absolute atomic E-state index is 0.335. The molecule has 0 aliphatic rings. The lowest BCUT2D eigenvalue weighted by Crippen LogP contribution is -2.36. The number of nitrogens with one attached hydrogen (secondary N) is 1. The van der Waals surface area contributed by atoms with Crippen LogP contribution in [0.15, 0.2) is 18.2 Å². The third-order valence-electron chi connectivity index (χ3n) is 2.16. The summed E-state index contributed by atoms with van der Waals surface area (Å²) in [6.45, 7) is 4.89. The lowest BCUT2D eigenvalue weighted by molar-refractivity contribution is 0.0481. The van der Waals surface area contributed by atoms with Crippen LogP contribution >= 0.6 is 22.6 Å². The molecule has 0 unspecified atom stereocenters. The van der Waals surface area contributed by atoms with E-state index in [9.17, 15) is 14.3 Å². The van der Waals surface area contributed by atoms with Crippen LogP contribution in [0.2, 0.25) is 0 Å². The van der Waals surface area contributed by atoms with Gasteiger partial charge in [-0.2, -0.15) is 0 Å². The second-order valence-corrected chi connectivity index (χ2v) is 6.33. The van der Waals surface area contributed by atoms with E-state index in [-0.39, 0.29) is 6.61 Å². The zero-order valence-electron chi connectivity index (χ0n) is 11.0. The van der Waals surface area contributed by atoms with Gasteiger partial charge in [-0.05, 0) is 67.1 Å². The molecule has 0 aliphatic carbocycles. The molecule has 1 rings (SSSR count). The quantitative estimate of drug-likeness (QED) is 0.792. The Hall–Kier alpha value is -0.890. The van der Waals surface area contributed by atoms with Crippen LogP contribution in [0, 0.1) is 9.39 Å². The maximum absolute atomic E-state index is 13.3. The number of hydrogen-bond donors (Lipinski definition) is 2. The zero-order chi connectivity index (χ0) is 14.6. The number of amides is 1. The SMILES string of the molecule is CC(C)(C)OC(=O)N[C@H](CO)c1cc(F)cc(I)c1. The Balaban J connectivity index is 2.81. The van der Waals surface area contributed by atoms with Gasteiger partial charge in [-0.1, -0.05) is 0 Å². The molecule has 2 N–H and O–H groups in total.